The zero-order valence-electron chi connectivity index (χ0n) is 18.6. The lowest BCUT2D eigenvalue weighted by molar-refractivity contribution is 0.311. The summed E-state index contributed by atoms with van der Waals surface area (Å²) in [5.41, 5.74) is 0.911. The quantitative estimate of drug-likeness (QED) is 0.533. The van der Waals surface area contributed by atoms with Gasteiger partial charge in [0, 0.05) is 37.9 Å². The zero-order valence-corrected chi connectivity index (χ0v) is 20.3. The summed E-state index contributed by atoms with van der Waals surface area (Å²) in [6, 6.07) is 2.38. The van der Waals surface area contributed by atoms with E-state index in [0.717, 1.165) is 62.4 Å². The number of anilines is 1. The van der Waals surface area contributed by atoms with E-state index in [1.807, 2.05) is 10.6 Å². The predicted octanol–water partition coefficient (Wildman–Crippen LogP) is 3.45. The molecule has 3 aromatic rings. The molecule has 1 aliphatic heterocycles. The highest BCUT2D eigenvalue weighted by Gasteiger charge is 2.48. The first-order chi connectivity index (χ1) is 15.9. The number of fused-ring (bicyclic) bond motifs is 1. The average Bonchev–Trinajstić information content (AvgIpc) is 3.66. The molecular weight excluding hydrogens is 459 g/mol. The molecule has 0 bridgehead atoms. The first-order valence-corrected chi connectivity index (χ1v) is 12.9. The molecule has 2 saturated carbocycles. The fourth-order valence-corrected chi connectivity index (χ4v) is 6.04. The van der Waals surface area contributed by atoms with Crippen LogP contribution in [-0.2, 0) is 5.41 Å². The highest BCUT2D eigenvalue weighted by Crippen LogP contribution is 2.49. The fraction of sp³-hybridized carbons (Fsp3) is 0.545. The molecule has 0 spiro atoms. The third kappa shape index (κ3) is 3.69. The molecule has 6 rings (SSSR count). The predicted molar refractivity (Wildman–Crippen MR) is 127 cm³/mol. The molecule has 3 fully saturated rings. The van der Waals surface area contributed by atoms with Crippen molar-refractivity contribution in [3.8, 4) is 16.9 Å². The largest absolute Gasteiger partial charge is 0.365 e. The summed E-state index contributed by atoms with van der Waals surface area (Å²) in [4.78, 5) is 9.56. The van der Waals surface area contributed by atoms with Gasteiger partial charge in [-0.3, -0.25) is 9.12 Å². The van der Waals surface area contributed by atoms with Gasteiger partial charge in [-0.2, -0.15) is 5.26 Å². The van der Waals surface area contributed by atoms with E-state index in [4.69, 9.17) is 0 Å². The monoisotopic (exact) mass is 484 g/mol. The van der Waals surface area contributed by atoms with Crippen molar-refractivity contribution in [2.24, 2.45) is 0 Å². The topological polar surface area (TPSA) is 85.4 Å². The van der Waals surface area contributed by atoms with Gasteiger partial charge in [-0.25, -0.2) is 9.37 Å². The molecule has 0 amide bonds. The van der Waals surface area contributed by atoms with Crippen molar-refractivity contribution in [2.75, 3.05) is 38.1 Å². The second-order valence-corrected chi connectivity index (χ2v) is 11.5. The number of pyridine rings is 1. The maximum absolute atomic E-state index is 15.9. The summed E-state index contributed by atoms with van der Waals surface area (Å²) in [6.45, 7) is 5.45. The van der Waals surface area contributed by atoms with Gasteiger partial charge in [-0.1, -0.05) is 11.3 Å². The van der Waals surface area contributed by atoms with Gasteiger partial charge >= 0.3 is 0 Å². The Morgan fingerprint density at radius 3 is 2.61 bits per heavy atom. The van der Waals surface area contributed by atoms with Gasteiger partial charge in [-0.05, 0) is 51.6 Å². The highest BCUT2D eigenvalue weighted by atomic mass is 32.2. The van der Waals surface area contributed by atoms with Gasteiger partial charge in [0.1, 0.15) is 16.1 Å². The first-order valence-electron chi connectivity index (χ1n) is 11.2. The number of hydrogen-bond acceptors (Lipinski definition) is 9. The second kappa shape index (κ2) is 7.63. The number of aromatic nitrogens is 4. The number of nitrogens with zero attached hydrogens (tertiary/aromatic N) is 7. The molecule has 3 aromatic heterocycles. The Labute approximate surface area is 199 Å². The minimum Gasteiger partial charge on any atom is -0.365 e. The number of rotatable bonds is 6. The summed E-state index contributed by atoms with van der Waals surface area (Å²) < 4.78 is 21.3. The van der Waals surface area contributed by atoms with Crippen LogP contribution in [0.25, 0.3) is 16.3 Å². The Balaban J connectivity index is 1.44. The molecule has 0 unspecified atom stereocenters. The summed E-state index contributed by atoms with van der Waals surface area (Å²) in [6.07, 6.45) is 7.39. The summed E-state index contributed by atoms with van der Waals surface area (Å²) in [7, 11) is 2.09. The standard InChI is InChI=1S/C22H25FN8S2/c1-21(3-4-21)28-33-15-12-31-14(17(16(15)23)30-9-7-29(2)8-10-30)11-25-18(31)19-26-27-20(32-19)22(13-24)5-6-22/h11-12,28H,3-10H2,1-2H3. The van der Waals surface area contributed by atoms with Crippen molar-refractivity contribution in [2.45, 2.75) is 48.5 Å². The average molecular weight is 485 g/mol. The van der Waals surface area contributed by atoms with Gasteiger partial charge in [0.25, 0.3) is 0 Å². The van der Waals surface area contributed by atoms with Crippen LogP contribution in [0.5, 0.6) is 0 Å². The van der Waals surface area contributed by atoms with E-state index >= 15 is 4.39 Å². The number of likely N-dealkylation sites (N-methyl/N-ethyl adjacent to an activating group) is 1. The molecule has 3 aliphatic rings. The van der Waals surface area contributed by atoms with Gasteiger partial charge in [0.15, 0.2) is 16.6 Å². The molecule has 2 aliphatic carbocycles. The molecule has 1 saturated heterocycles. The van der Waals surface area contributed by atoms with Crippen LogP contribution in [0, 0.1) is 17.1 Å². The van der Waals surface area contributed by atoms with Crippen LogP contribution in [0.15, 0.2) is 17.3 Å². The van der Waals surface area contributed by atoms with Crippen molar-refractivity contribution < 1.29 is 4.39 Å². The third-order valence-electron chi connectivity index (χ3n) is 6.93. The molecule has 0 aromatic carbocycles. The van der Waals surface area contributed by atoms with Crippen molar-refractivity contribution in [3.63, 3.8) is 0 Å². The number of nitrogens with one attached hydrogen (secondary N) is 1. The lowest BCUT2D eigenvalue weighted by Crippen LogP contribution is -2.45. The molecule has 0 atom stereocenters. The SMILES string of the molecule is CN1CCN(c2c(F)c(SNC3(C)CC3)cn3c(-c4nnc(C5(C#N)CC5)s4)ncc23)CC1. The number of halogens is 1. The third-order valence-corrected chi connectivity index (χ3v) is 9.15. The van der Waals surface area contributed by atoms with E-state index in [0.29, 0.717) is 21.4 Å². The van der Waals surface area contributed by atoms with Gasteiger partial charge in [-0.15, -0.1) is 10.2 Å². The number of piperazine rings is 1. The van der Waals surface area contributed by atoms with E-state index in [1.165, 1.54) is 23.3 Å². The maximum Gasteiger partial charge on any atom is 0.183 e. The van der Waals surface area contributed by atoms with E-state index in [1.54, 1.807) is 6.20 Å². The summed E-state index contributed by atoms with van der Waals surface area (Å²) in [5, 5.41) is 19.6. The highest BCUT2D eigenvalue weighted by molar-refractivity contribution is 7.97. The summed E-state index contributed by atoms with van der Waals surface area (Å²) >= 11 is 2.77. The van der Waals surface area contributed by atoms with Gasteiger partial charge in [0.2, 0.25) is 0 Å². The van der Waals surface area contributed by atoms with E-state index in [2.05, 4.69) is 49.7 Å². The lowest BCUT2D eigenvalue weighted by Gasteiger charge is -2.34. The Morgan fingerprint density at radius 2 is 1.94 bits per heavy atom. The second-order valence-electron chi connectivity index (χ2n) is 9.65. The Hall–Kier alpha value is -2.26. The van der Waals surface area contributed by atoms with Crippen LogP contribution >= 0.6 is 23.3 Å². The fourth-order valence-electron chi connectivity index (χ4n) is 4.10. The minimum absolute atomic E-state index is 0.0713. The van der Waals surface area contributed by atoms with Crippen molar-refractivity contribution >= 4 is 34.5 Å². The van der Waals surface area contributed by atoms with Crippen LogP contribution in [0.3, 0.4) is 0 Å². The lowest BCUT2D eigenvalue weighted by atomic mass is 10.1. The van der Waals surface area contributed by atoms with Crippen molar-refractivity contribution in [1.29, 1.82) is 5.26 Å². The minimum atomic E-state index is -0.481. The molecular formula is C22H25FN8S2. The smallest absolute Gasteiger partial charge is 0.183 e. The van der Waals surface area contributed by atoms with E-state index in [-0.39, 0.29) is 11.4 Å². The van der Waals surface area contributed by atoms with Crippen molar-refractivity contribution in [3.05, 3.63) is 23.2 Å². The maximum atomic E-state index is 15.9. The van der Waals surface area contributed by atoms with Crippen LogP contribution in [0.4, 0.5) is 10.1 Å². The molecule has 172 valence electrons. The molecule has 0 radical (unpaired) electrons. The van der Waals surface area contributed by atoms with Crippen LogP contribution < -0.4 is 9.62 Å². The molecule has 33 heavy (non-hydrogen) atoms. The normalized spacial score (nSPS) is 21.3. The van der Waals surface area contributed by atoms with Gasteiger partial charge in [0.05, 0.1) is 22.7 Å². The molecule has 11 heteroatoms. The van der Waals surface area contributed by atoms with E-state index in [9.17, 15) is 5.26 Å². The molecule has 8 nitrogen and oxygen atoms in total. The van der Waals surface area contributed by atoms with E-state index < -0.39 is 5.41 Å². The number of hydrogen-bond donors (Lipinski definition) is 1. The Morgan fingerprint density at radius 1 is 1.18 bits per heavy atom. The molecule has 4 heterocycles. The van der Waals surface area contributed by atoms with Crippen LogP contribution in [0.1, 0.15) is 37.6 Å². The van der Waals surface area contributed by atoms with Crippen LogP contribution in [-0.4, -0.2) is 63.2 Å². The van der Waals surface area contributed by atoms with Gasteiger partial charge < -0.3 is 9.80 Å². The number of imidazole rings is 1. The molecule has 1 N–H and O–H groups in total. The summed E-state index contributed by atoms with van der Waals surface area (Å²) in [5.74, 6) is 0.428. The number of nitriles is 1. The Kier molecular flexibility index (Phi) is 4.92. The zero-order chi connectivity index (χ0) is 22.8. The Bertz CT molecular complexity index is 1260. The first kappa shape index (κ1) is 21.3. The van der Waals surface area contributed by atoms with Crippen LogP contribution in [0.2, 0.25) is 0 Å². The van der Waals surface area contributed by atoms with Crippen molar-refractivity contribution in [1.82, 2.24) is 29.2 Å².